The summed E-state index contributed by atoms with van der Waals surface area (Å²) < 4.78 is 11.7. The lowest BCUT2D eigenvalue weighted by Gasteiger charge is -2.23. The molecule has 2 aromatic heterocycles. The summed E-state index contributed by atoms with van der Waals surface area (Å²) in [6, 6.07) is 74.9. The van der Waals surface area contributed by atoms with Gasteiger partial charge in [-0.3, -0.25) is 0 Å². The molecule has 0 bridgehead atoms. The summed E-state index contributed by atoms with van der Waals surface area (Å²) in [6.07, 6.45) is 0. The first-order valence-corrected chi connectivity index (χ1v) is 20.3. The van der Waals surface area contributed by atoms with Gasteiger partial charge in [0.2, 0.25) is 0 Å². The second kappa shape index (κ2) is 12.3. The standard InChI is InChI=1S/C56H34N2O/c1-3-14-35(15-4-1)36-26-28-50-46(31-36)42-20-9-11-24-48(42)58(50)51-33-39(30-38-16-7-8-19-41(38)51)37-27-29-53-47(32-37)43-22-13-23-45-55-44-21-10-12-25-49(44)57(40-17-5-2-6-18-40)52(55)34-54(59-53)56(43)45/h1-34H. The Balaban J connectivity index is 1.02. The zero-order valence-corrected chi connectivity index (χ0v) is 31.9. The van der Waals surface area contributed by atoms with E-state index in [2.05, 4.69) is 215 Å². The maximum absolute atomic E-state index is 6.91. The third-order valence-electron chi connectivity index (χ3n) is 12.5. The summed E-state index contributed by atoms with van der Waals surface area (Å²) in [4.78, 5) is 0. The van der Waals surface area contributed by atoms with Crippen molar-refractivity contribution in [2.45, 2.75) is 0 Å². The Morgan fingerprint density at radius 2 is 0.966 bits per heavy atom. The highest BCUT2D eigenvalue weighted by molar-refractivity contribution is 6.25. The molecular weight excluding hydrogens is 717 g/mol. The maximum Gasteiger partial charge on any atom is 0.138 e. The Bertz CT molecular complexity index is 3690. The average molecular weight is 751 g/mol. The van der Waals surface area contributed by atoms with E-state index in [4.69, 9.17) is 4.74 Å². The molecule has 3 heteroatoms. The van der Waals surface area contributed by atoms with E-state index in [1.165, 1.54) is 70.9 Å². The molecule has 0 atom stereocenters. The molecule has 0 saturated heterocycles. The van der Waals surface area contributed by atoms with E-state index in [9.17, 15) is 0 Å². The van der Waals surface area contributed by atoms with Crippen molar-refractivity contribution < 1.29 is 4.74 Å². The van der Waals surface area contributed by atoms with Gasteiger partial charge >= 0.3 is 0 Å². The van der Waals surface area contributed by atoms with Gasteiger partial charge < -0.3 is 13.9 Å². The summed E-state index contributed by atoms with van der Waals surface area (Å²) in [5.74, 6) is 1.76. The number of benzene rings is 10. The normalized spacial score (nSPS) is 12.2. The Morgan fingerprint density at radius 1 is 0.305 bits per heavy atom. The minimum atomic E-state index is 0.869. The Hall–Kier alpha value is -7.88. The zero-order chi connectivity index (χ0) is 38.6. The van der Waals surface area contributed by atoms with Crippen molar-refractivity contribution in [3.05, 3.63) is 206 Å². The molecule has 1 aliphatic heterocycles. The Labute approximate surface area is 340 Å². The van der Waals surface area contributed by atoms with Crippen LogP contribution >= 0.6 is 0 Å². The lowest BCUT2D eigenvalue weighted by atomic mass is 9.90. The number of rotatable bonds is 4. The van der Waals surface area contributed by atoms with Gasteiger partial charge in [0.1, 0.15) is 11.5 Å². The fourth-order valence-corrected chi connectivity index (χ4v) is 9.87. The van der Waals surface area contributed by atoms with Crippen LogP contribution in [0.5, 0.6) is 11.5 Å². The van der Waals surface area contributed by atoms with Crippen LogP contribution in [0.4, 0.5) is 0 Å². The molecule has 0 saturated carbocycles. The van der Waals surface area contributed by atoms with Crippen molar-refractivity contribution in [3.8, 4) is 56.3 Å². The molecule has 0 spiro atoms. The van der Waals surface area contributed by atoms with E-state index in [1.54, 1.807) is 0 Å². The number of nitrogens with zero attached hydrogens (tertiary/aromatic N) is 2. The van der Waals surface area contributed by atoms with Gasteiger partial charge in [-0.1, -0.05) is 140 Å². The monoisotopic (exact) mass is 750 g/mol. The Morgan fingerprint density at radius 3 is 1.81 bits per heavy atom. The predicted molar refractivity (Wildman–Crippen MR) is 247 cm³/mol. The molecule has 1 aliphatic rings. The molecule has 0 fully saturated rings. The summed E-state index contributed by atoms with van der Waals surface area (Å²) in [6.45, 7) is 0. The molecule has 0 amide bonds. The van der Waals surface area contributed by atoms with Crippen LogP contribution < -0.4 is 4.74 Å². The van der Waals surface area contributed by atoms with Gasteiger partial charge in [0.25, 0.3) is 0 Å². The first-order valence-electron chi connectivity index (χ1n) is 20.3. The molecule has 0 N–H and O–H groups in total. The summed E-state index contributed by atoms with van der Waals surface area (Å²) in [7, 11) is 0. The van der Waals surface area contributed by atoms with Gasteiger partial charge in [0.15, 0.2) is 0 Å². The maximum atomic E-state index is 6.91. The number of ether oxygens (including phenoxy) is 1. The van der Waals surface area contributed by atoms with Crippen LogP contribution in [0.25, 0.3) is 110 Å². The van der Waals surface area contributed by atoms with E-state index in [0.29, 0.717) is 0 Å². The quantitative estimate of drug-likeness (QED) is 0.175. The SMILES string of the molecule is c1ccc(-c2ccc3c(c2)c2ccccc2n3-c2cc(-c3ccc4c(c3)-c3cccc5c3c(cc3c5c5ccccc5n3-c3ccccc3)O4)cc3ccccc23)cc1. The van der Waals surface area contributed by atoms with Crippen LogP contribution in [0.1, 0.15) is 0 Å². The molecule has 59 heavy (non-hydrogen) atoms. The second-order valence-corrected chi connectivity index (χ2v) is 15.7. The predicted octanol–water partition coefficient (Wildman–Crippen LogP) is 15.3. The van der Waals surface area contributed by atoms with E-state index in [0.717, 1.165) is 50.5 Å². The van der Waals surface area contributed by atoms with E-state index in [1.807, 2.05) is 0 Å². The van der Waals surface area contributed by atoms with Crippen LogP contribution in [-0.2, 0) is 0 Å². The van der Waals surface area contributed by atoms with Crippen molar-refractivity contribution >= 4 is 65.2 Å². The lowest BCUT2D eigenvalue weighted by Crippen LogP contribution is -2.00. The van der Waals surface area contributed by atoms with E-state index in [-0.39, 0.29) is 0 Å². The first kappa shape index (κ1) is 32.2. The fraction of sp³-hybridized carbons (Fsp3) is 0. The van der Waals surface area contributed by atoms with Crippen molar-refractivity contribution in [1.29, 1.82) is 0 Å². The molecule has 0 radical (unpaired) electrons. The number of hydrogen-bond donors (Lipinski definition) is 0. The zero-order valence-electron chi connectivity index (χ0n) is 31.9. The molecule has 0 aliphatic carbocycles. The Kier molecular flexibility index (Phi) is 6.72. The number of para-hydroxylation sites is 3. The molecule has 10 aromatic carbocycles. The molecule has 0 unspecified atom stereocenters. The van der Waals surface area contributed by atoms with Gasteiger partial charge in [-0.05, 0) is 99.3 Å². The number of hydrogen-bond acceptors (Lipinski definition) is 1. The lowest BCUT2D eigenvalue weighted by molar-refractivity contribution is 0.487. The summed E-state index contributed by atoms with van der Waals surface area (Å²) >= 11 is 0. The number of aromatic nitrogens is 2. The first-order chi connectivity index (χ1) is 29.3. The minimum absolute atomic E-state index is 0.869. The second-order valence-electron chi connectivity index (χ2n) is 15.7. The largest absolute Gasteiger partial charge is 0.456 e. The summed E-state index contributed by atoms with van der Waals surface area (Å²) in [5, 5.41) is 9.74. The van der Waals surface area contributed by atoms with Crippen molar-refractivity contribution in [1.82, 2.24) is 9.13 Å². The van der Waals surface area contributed by atoms with Gasteiger partial charge in [-0.25, -0.2) is 0 Å². The van der Waals surface area contributed by atoms with Gasteiger partial charge in [-0.2, -0.15) is 0 Å². The average Bonchev–Trinajstić information content (AvgIpc) is 3.81. The smallest absolute Gasteiger partial charge is 0.138 e. The minimum Gasteiger partial charge on any atom is -0.456 e. The van der Waals surface area contributed by atoms with Crippen LogP contribution in [0.15, 0.2) is 206 Å². The topological polar surface area (TPSA) is 19.1 Å². The molecular formula is C56H34N2O. The highest BCUT2D eigenvalue weighted by atomic mass is 16.5. The molecule has 12 aromatic rings. The van der Waals surface area contributed by atoms with Crippen LogP contribution in [0, 0.1) is 0 Å². The van der Waals surface area contributed by atoms with Crippen LogP contribution in [0.2, 0.25) is 0 Å². The third kappa shape index (κ3) is 4.70. The van der Waals surface area contributed by atoms with Crippen LogP contribution in [0.3, 0.4) is 0 Å². The summed E-state index contributed by atoms with van der Waals surface area (Å²) in [5.41, 5.74) is 14.0. The van der Waals surface area contributed by atoms with E-state index >= 15 is 0 Å². The van der Waals surface area contributed by atoms with E-state index < -0.39 is 0 Å². The molecule has 274 valence electrons. The highest BCUT2D eigenvalue weighted by Crippen LogP contribution is 2.51. The molecule has 3 nitrogen and oxygen atoms in total. The molecule has 13 rings (SSSR count). The van der Waals surface area contributed by atoms with Gasteiger partial charge in [0.05, 0.1) is 27.8 Å². The van der Waals surface area contributed by atoms with Gasteiger partial charge in [-0.15, -0.1) is 0 Å². The highest BCUT2D eigenvalue weighted by Gasteiger charge is 2.25. The molecule has 3 heterocycles. The van der Waals surface area contributed by atoms with Crippen molar-refractivity contribution in [3.63, 3.8) is 0 Å². The fourth-order valence-electron chi connectivity index (χ4n) is 9.87. The van der Waals surface area contributed by atoms with Crippen molar-refractivity contribution in [2.75, 3.05) is 0 Å². The number of fused-ring (bicyclic) bond motifs is 10. The van der Waals surface area contributed by atoms with Gasteiger partial charge in [0, 0.05) is 49.6 Å². The van der Waals surface area contributed by atoms with Crippen molar-refractivity contribution in [2.24, 2.45) is 0 Å². The van der Waals surface area contributed by atoms with Crippen LogP contribution in [-0.4, -0.2) is 9.13 Å². The third-order valence-corrected chi connectivity index (χ3v) is 12.5.